The highest BCUT2D eigenvalue weighted by atomic mass is 16.1. The smallest absolute Gasteiger partial charge is 0.181 e. The van der Waals surface area contributed by atoms with Gasteiger partial charge in [-0.25, -0.2) is 0 Å². The molecule has 0 N–H and O–H groups in total. The number of ketones is 1. The van der Waals surface area contributed by atoms with E-state index < -0.39 is 0 Å². The van der Waals surface area contributed by atoms with E-state index in [1.54, 1.807) is 0 Å². The number of hydrogen-bond acceptors (Lipinski definition) is 1. The first-order valence-corrected chi connectivity index (χ1v) is 4.89. The van der Waals surface area contributed by atoms with Crippen LogP contribution in [-0.4, -0.2) is 10.4 Å². The molecule has 2 aromatic rings. The Morgan fingerprint density at radius 2 is 2.14 bits per heavy atom. The van der Waals surface area contributed by atoms with E-state index in [4.69, 9.17) is 0 Å². The Labute approximate surface area is 82.1 Å². The van der Waals surface area contributed by atoms with Crippen molar-refractivity contribution in [1.29, 1.82) is 0 Å². The monoisotopic (exact) mass is 185 g/mol. The number of aromatic nitrogens is 1. The summed E-state index contributed by atoms with van der Waals surface area (Å²) in [6, 6.07) is 8.34. The zero-order chi connectivity index (χ0) is 9.71. The third-order valence-electron chi connectivity index (χ3n) is 2.91. The highest BCUT2D eigenvalue weighted by molar-refractivity contribution is 6.02. The summed E-state index contributed by atoms with van der Waals surface area (Å²) in [4.78, 5) is 11.5. The maximum atomic E-state index is 11.5. The van der Waals surface area contributed by atoms with E-state index in [2.05, 4.69) is 29.7 Å². The van der Waals surface area contributed by atoms with Crippen molar-refractivity contribution in [3.63, 3.8) is 0 Å². The van der Waals surface area contributed by atoms with Crippen LogP contribution in [-0.2, 0) is 6.54 Å². The molecule has 70 valence electrons. The van der Waals surface area contributed by atoms with Crippen LogP contribution in [0.1, 0.15) is 22.5 Å². The first kappa shape index (κ1) is 7.80. The van der Waals surface area contributed by atoms with Crippen LogP contribution in [0.5, 0.6) is 0 Å². The third kappa shape index (κ3) is 0.882. The molecule has 0 amide bonds. The Balaban J connectivity index is 2.40. The summed E-state index contributed by atoms with van der Waals surface area (Å²) in [7, 11) is 0. The zero-order valence-electron chi connectivity index (χ0n) is 8.08. The van der Waals surface area contributed by atoms with Crippen molar-refractivity contribution in [2.45, 2.75) is 19.9 Å². The third-order valence-corrected chi connectivity index (χ3v) is 2.91. The summed E-state index contributed by atoms with van der Waals surface area (Å²) in [5.74, 6) is 0.277. The molecule has 1 aromatic heterocycles. The van der Waals surface area contributed by atoms with Gasteiger partial charge in [0.2, 0.25) is 0 Å². The van der Waals surface area contributed by atoms with Crippen molar-refractivity contribution in [3.05, 3.63) is 35.5 Å². The summed E-state index contributed by atoms with van der Waals surface area (Å²) in [5, 5.41) is 1.19. The van der Waals surface area contributed by atoms with Gasteiger partial charge >= 0.3 is 0 Å². The highest BCUT2D eigenvalue weighted by Crippen LogP contribution is 2.26. The van der Waals surface area contributed by atoms with Crippen LogP contribution < -0.4 is 0 Å². The predicted molar refractivity (Wildman–Crippen MR) is 55.6 cm³/mol. The molecule has 1 aliphatic heterocycles. The zero-order valence-corrected chi connectivity index (χ0v) is 8.08. The minimum atomic E-state index is 0.277. The molecule has 2 heterocycles. The van der Waals surface area contributed by atoms with Gasteiger partial charge in [-0.1, -0.05) is 11.6 Å². The van der Waals surface area contributed by atoms with Crippen LogP contribution in [0.25, 0.3) is 10.9 Å². The van der Waals surface area contributed by atoms with Crippen LogP contribution in [0.2, 0.25) is 0 Å². The summed E-state index contributed by atoms with van der Waals surface area (Å²) in [5.41, 5.74) is 3.32. The molecule has 0 radical (unpaired) electrons. The number of Topliss-reactive ketones (excluding diaryl/α,β-unsaturated/α-hetero) is 1. The molecule has 14 heavy (non-hydrogen) atoms. The molecule has 3 rings (SSSR count). The molecular formula is C12H11NO. The molecule has 0 bridgehead atoms. The Morgan fingerprint density at radius 1 is 1.29 bits per heavy atom. The largest absolute Gasteiger partial charge is 0.338 e. The molecular weight excluding hydrogens is 174 g/mol. The molecule has 0 saturated heterocycles. The van der Waals surface area contributed by atoms with Crippen LogP contribution in [0, 0.1) is 6.92 Å². The van der Waals surface area contributed by atoms with Gasteiger partial charge in [0.05, 0.1) is 5.69 Å². The number of benzene rings is 1. The van der Waals surface area contributed by atoms with Gasteiger partial charge in [-0.05, 0) is 25.1 Å². The number of hydrogen-bond donors (Lipinski definition) is 0. The van der Waals surface area contributed by atoms with E-state index in [-0.39, 0.29) is 5.78 Å². The molecule has 0 aliphatic carbocycles. The van der Waals surface area contributed by atoms with E-state index in [1.807, 2.05) is 6.07 Å². The Morgan fingerprint density at radius 3 is 3.00 bits per heavy atom. The first-order valence-electron chi connectivity index (χ1n) is 4.89. The molecule has 0 spiro atoms. The van der Waals surface area contributed by atoms with E-state index >= 15 is 0 Å². The number of carbonyl (C=O) groups excluding carboxylic acids is 1. The fraction of sp³-hybridized carbons (Fsp3) is 0.250. The lowest BCUT2D eigenvalue weighted by atomic mass is 10.1. The van der Waals surface area contributed by atoms with E-state index in [9.17, 15) is 4.79 Å². The van der Waals surface area contributed by atoms with Crippen LogP contribution in [0.3, 0.4) is 0 Å². The Kier molecular flexibility index (Phi) is 1.38. The lowest BCUT2D eigenvalue weighted by Crippen LogP contribution is -1.91. The average molecular weight is 185 g/mol. The minimum Gasteiger partial charge on any atom is -0.338 e. The van der Waals surface area contributed by atoms with Crippen molar-refractivity contribution in [2.24, 2.45) is 0 Å². The fourth-order valence-electron chi connectivity index (χ4n) is 2.20. The topological polar surface area (TPSA) is 22.0 Å². The van der Waals surface area contributed by atoms with Crippen LogP contribution >= 0.6 is 0 Å². The quantitative estimate of drug-likeness (QED) is 0.618. The van der Waals surface area contributed by atoms with E-state index in [0.717, 1.165) is 12.2 Å². The van der Waals surface area contributed by atoms with Gasteiger partial charge in [-0.15, -0.1) is 0 Å². The molecule has 0 atom stereocenters. The summed E-state index contributed by atoms with van der Waals surface area (Å²) >= 11 is 0. The second kappa shape index (κ2) is 2.47. The molecule has 1 aromatic carbocycles. The summed E-state index contributed by atoms with van der Waals surface area (Å²) < 4.78 is 2.12. The normalized spacial score (nSPS) is 15.1. The second-order valence-corrected chi connectivity index (χ2v) is 3.92. The minimum absolute atomic E-state index is 0.277. The first-order chi connectivity index (χ1) is 6.75. The number of rotatable bonds is 0. The molecule has 0 fully saturated rings. The van der Waals surface area contributed by atoms with Crippen molar-refractivity contribution >= 4 is 16.7 Å². The van der Waals surface area contributed by atoms with Crippen molar-refractivity contribution < 1.29 is 4.79 Å². The molecule has 2 heteroatoms. The number of carbonyl (C=O) groups is 1. The average Bonchev–Trinajstić information content (AvgIpc) is 2.66. The van der Waals surface area contributed by atoms with Gasteiger partial charge in [0.15, 0.2) is 5.78 Å². The number of nitrogens with zero attached hydrogens (tertiary/aromatic N) is 1. The molecule has 1 aliphatic rings. The predicted octanol–water partition coefficient (Wildman–Crippen LogP) is 2.54. The van der Waals surface area contributed by atoms with Crippen LogP contribution in [0.4, 0.5) is 0 Å². The fourth-order valence-corrected chi connectivity index (χ4v) is 2.20. The maximum Gasteiger partial charge on any atom is 0.181 e. The van der Waals surface area contributed by atoms with Gasteiger partial charge in [0, 0.05) is 23.9 Å². The Bertz CT molecular complexity index is 536. The Hall–Kier alpha value is -1.57. The van der Waals surface area contributed by atoms with Crippen molar-refractivity contribution in [2.75, 3.05) is 0 Å². The lowest BCUT2D eigenvalue weighted by Gasteiger charge is -1.99. The standard InChI is InChI=1S/C12H11NO/c1-8-2-3-10-9(6-8)7-11-12(14)4-5-13(10)11/h2-3,6-7H,4-5H2,1H3. The van der Waals surface area contributed by atoms with E-state index in [1.165, 1.54) is 16.5 Å². The highest BCUT2D eigenvalue weighted by Gasteiger charge is 2.21. The summed E-state index contributed by atoms with van der Waals surface area (Å²) in [6.07, 6.45) is 0.666. The number of aryl methyl sites for hydroxylation is 2. The van der Waals surface area contributed by atoms with Crippen molar-refractivity contribution in [3.8, 4) is 0 Å². The molecule has 0 saturated carbocycles. The lowest BCUT2D eigenvalue weighted by molar-refractivity contribution is 0.0994. The van der Waals surface area contributed by atoms with E-state index in [0.29, 0.717) is 6.42 Å². The van der Waals surface area contributed by atoms with Gasteiger partial charge in [-0.3, -0.25) is 4.79 Å². The van der Waals surface area contributed by atoms with Gasteiger partial charge in [-0.2, -0.15) is 0 Å². The summed E-state index contributed by atoms with van der Waals surface area (Å²) in [6.45, 7) is 2.92. The number of fused-ring (bicyclic) bond motifs is 3. The maximum absolute atomic E-state index is 11.5. The van der Waals surface area contributed by atoms with Gasteiger partial charge < -0.3 is 4.57 Å². The SMILES string of the molecule is Cc1ccc2c(c1)cc1n2CCC1=O. The molecule has 0 unspecified atom stereocenters. The van der Waals surface area contributed by atoms with Gasteiger partial charge in [0.1, 0.15) is 0 Å². The van der Waals surface area contributed by atoms with Gasteiger partial charge in [0.25, 0.3) is 0 Å². The molecule has 2 nitrogen and oxygen atoms in total. The van der Waals surface area contributed by atoms with Crippen molar-refractivity contribution in [1.82, 2.24) is 4.57 Å². The van der Waals surface area contributed by atoms with Crippen LogP contribution in [0.15, 0.2) is 24.3 Å². The second-order valence-electron chi connectivity index (χ2n) is 3.92.